The van der Waals surface area contributed by atoms with Crippen LogP contribution in [0.25, 0.3) is 0 Å². The Morgan fingerprint density at radius 1 is 1.12 bits per heavy atom. The Kier molecular flexibility index (Phi) is 6.49. The summed E-state index contributed by atoms with van der Waals surface area (Å²) < 4.78 is 22.4. The first-order valence-corrected chi connectivity index (χ1v) is 9.56. The molecule has 1 amide bonds. The Bertz CT molecular complexity index is 884. The Labute approximate surface area is 156 Å². The summed E-state index contributed by atoms with van der Waals surface area (Å²) in [7, 11) is -3.75. The number of amides is 1. The molecule has 0 aliphatic heterocycles. The van der Waals surface area contributed by atoms with Gasteiger partial charge in [-0.05, 0) is 54.5 Å². The first kappa shape index (κ1) is 19.3. The van der Waals surface area contributed by atoms with Gasteiger partial charge in [0.15, 0.2) is 5.11 Å². The number of anilines is 1. The Hall–Kier alpha value is -2.00. The SMILES string of the molecule is NS(=O)(=O)c1ccc(NC(=S)NC(=O)CCc2ccccc2Cl)cc1. The number of nitrogens with two attached hydrogens (primary N) is 1. The van der Waals surface area contributed by atoms with E-state index in [0.29, 0.717) is 17.1 Å². The van der Waals surface area contributed by atoms with E-state index in [0.717, 1.165) is 5.56 Å². The quantitative estimate of drug-likeness (QED) is 0.672. The molecule has 2 aromatic rings. The molecule has 0 unspecified atom stereocenters. The van der Waals surface area contributed by atoms with Crippen molar-refractivity contribution in [1.82, 2.24) is 5.32 Å². The summed E-state index contributed by atoms with van der Waals surface area (Å²) in [6.45, 7) is 0. The zero-order chi connectivity index (χ0) is 18.4. The molecule has 4 N–H and O–H groups in total. The molecule has 0 spiro atoms. The molecule has 0 aromatic heterocycles. The second-order valence-corrected chi connectivity index (χ2v) is 7.54. The standard InChI is InChI=1S/C16H16ClN3O3S2/c17-14-4-2-1-3-11(14)5-10-15(21)20-16(24)19-12-6-8-13(9-7-12)25(18,22)23/h1-4,6-9H,5,10H2,(H2,18,22,23)(H2,19,20,21,24). The van der Waals surface area contributed by atoms with E-state index in [9.17, 15) is 13.2 Å². The summed E-state index contributed by atoms with van der Waals surface area (Å²) in [6.07, 6.45) is 0.729. The fourth-order valence-corrected chi connectivity index (χ4v) is 3.01. The lowest BCUT2D eigenvalue weighted by Gasteiger charge is -2.10. The molecule has 6 nitrogen and oxygen atoms in total. The van der Waals surface area contributed by atoms with E-state index < -0.39 is 10.0 Å². The minimum absolute atomic E-state index is 0.00672. The molecule has 9 heteroatoms. The third kappa shape index (κ3) is 6.09. The second-order valence-electron chi connectivity index (χ2n) is 5.16. The van der Waals surface area contributed by atoms with Crippen molar-refractivity contribution in [2.75, 3.05) is 5.32 Å². The molecule has 0 aliphatic rings. The van der Waals surface area contributed by atoms with E-state index in [1.165, 1.54) is 24.3 Å². The first-order chi connectivity index (χ1) is 11.8. The summed E-state index contributed by atoms with van der Waals surface area (Å²) in [6, 6.07) is 13.0. The van der Waals surface area contributed by atoms with Crippen LogP contribution in [0.2, 0.25) is 5.02 Å². The molecule has 0 aliphatic carbocycles. The molecule has 2 rings (SSSR count). The van der Waals surface area contributed by atoms with Gasteiger partial charge in [0.05, 0.1) is 4.90 Å². The summed E-state index contributed by atoms with van der Waals surface area (Å²) in [5, 5.41) is 11.1. The molecule has 25 heavy (non-hydrogen) atoms. The van der Waals surface area contributed by atoms with Crippen molar-refractivity contribution in [2.45, 2.75) is 17.7 Å². The van der Waals surface area contributed by atoms with Gasteiger partial charge in [0.1, 0.15) is 0 Å². The van der Waals surface area contributed by atoms with Crippen LogP contribution in [0.1, 0.15) is 12.0 Å². The van der Waals surface area contributed by atoms with Gasteiger partial charge in [-0.2, -0.15) is 0 Å². The molecule has 132 valence electrons. The normalized spacial score (nSPS) is 11.0. The number of hydrogen-bond donors (Lipinski definition) is 3. The highest BCUT2D eigenvalue weighted by Crippen LogP contribution is 2.16. The third-order valence-electron chi connectivity index (χ3n) is 3.27. The summed E-state index contributed by atoms with van der Waals surface area (Å²) >= 11 is 11.1. The zero-order valence-electron chi connectivity index (χ0n) is 13.0. The van der Waals surface area contributed by atoms with E-state index in [1.807, 2.05) is 18.2 Å². The lowest BCUT2D eigenvalue weighted by molar-refractivity contribution is -0.119. The predicted octanol–water partition coefficient (Wildman–Crippen LogP) is 2.43. The van der Waals surface area contributed by atoms with Gasteiger partial charge in [-0.15, -0.1) is 0 Å². The zero-order valence-corrected chi connectivity index (χ0v) is 15.4. The highest BCUT2D eigenvalue weighted by molar-refractivity contribution is 7.89. The van der Waals surface area contributed by atoms with Crippen LogP contribution in [0, 0.1) is 0 Å². The van der Waals surface area contributed by atoms with Gasteiger partial charge in [0, 0.05) is 17.1 Å². The lowest BCUT2D eigenvalue weighted by Crippen LogP contribution is -2.34. The molecule has 2 aromatic carbocycles. The number of carbonyl (C=O) groups excluding carboxylic acids is 1. The number of hydrogen-bond acceptors (Lipinski definition) is 4. The van der Waals surface area contributed by atoms with Crippen molar-refractivity contribution >= 4 is 50.5 Å². The highest BCUT2D eigenvalue weighted by Gasteiger charge is 2.09. The van der Waals surface area contributed by atoms with Gasteiger partial charge in [-0.3, -0.25) is 4.79 Å². The predicted molar refractivity (Wildman–Crippen MR) is 102 cm³/mol. The molecule has 0 atom stereocenters. The number of nitrogens with one attached hydrogen (secondary N) is 2. The van der Waals surface area contributed by atoms with Gasteiger partial charge in [0.2, 0.25) is 15.9 Å². The number of sulfonamides is 1. The molecule has 0 radical (unpaired) electrons. The molecule has 0 heterocycles. The topological polar surface area (TPSA) is 101 Å². The number of rotatable bonds is 5. The largest absolute Gasteiger partial charge is 0.332 e. The van der Waals surface area contributed by atoms with Gasteiger partial charge in [-0.1, -0.05) is 29.8 Å². The van der Waals surface area contributed by atoms with Crippen LogP contribution in [0.5, 0.6) is 0 Å². The summed E-state index contributed by atoms with van der Waals surface area (Å²) in [5.74, 6) is -0.251. The maximum Gasteiger partial charge on any atom is 0.238 e. The van der Waals surface area contributed by atoms with Crippen molar-refractivity contribution in [2.24, 2.45) is 5.14 Å². The van der Waals surface area contributed by atoms with Crippen molar-refractivity contribution < 1.29 is 13.2 Å². The third-order valence-corrected chi connectivity index (χ3v) is 4.77. The smallest absolute Gasteiger partial charge is 0.238 e. The molecular formula is C16H16ClN3O3S2. The Morgan fingerprint density at radius 2 is 1.76 bits per heavy atom. The van der Waals surface area contributed by atoms with Crippen LogP contribution < -0.4 is 15.8 Å². The van der Waals surface area contributed by atoms with Crippen LogP contribution in [0.4, 0.5) is 5.69 Å². The van der Waals surface area contributed by atoms with E-state index >= 15 is 0 Å². The number of halogens is 1. The van der Waals surface area contributed by atoms with Crippen LogP contribution >= 0.6 is 23.8 Å². The average molecular weight is 398 g/mol. The van der Waals surface area contributed by atoms with Crippen LogP contribution in [0.3, 0.4) is 0 Å². The molecular weight excluding hydrogens is 382 g/mol. The monoisotopic (exact) mass is 397 g/mol. The van der Waals surface area contributed by atoms with Crippen LogP contribution in [0.15, 0.2) is 53.4 Å². The van der Waals surface area contributed by atoms with Crippen LogP contribution in [-0.4, -0.2) is 19.4 Å². The van der Waals surface area contributed by atoms with E-state index in [1.54, 1.807) is 6.07 Å². The lowest BCUT2D eigenvalue weighted by atomic mass is 10.1. The van der Waals surface area contributed by atoms with Gasteiger partial charge < -0.3 is 10.6 Å². The second kappa shape index (κ2) is 8.39. The van der Waals surface area contributed by atoms with Crippen molar-refractivity contribution in [3.63, 3.8) is 0 Å². The summed E-state index contributed by atoms with van der Waals surface area (Å²) in [4.78, 5) is 11.9. The average Bonchev–Trinajstić information content (AvgIpc) is 2.53. The fraction of sp³-hybridized carbons (Fsp3) is 0.125. The Balaban J connectivity index is 1.85. The minimum atomic E-state index is -3.75. The molecule has 0 bridgehead atoms. The number of aryl methyl sites for hydroxylation is 1. The number of thiocarbonyl (C=S) groups is 1. The molecule has 0 saturated carbocycles. The highest BCUT2D eigenvalue weighted by atomic mass is 35.5. The number of primary sulfonamides is 1. The van der Waals surface area contributed by atoms with Crippen LogP contribution in [-0.2, 0) is 21.2 Å². The molecule has 0 fully saturated rings. The summed E-state index contributed by atoms with van der Waals surface area (Å²) in [5.41, 5.74) is 1.42. The first-order valence-electron chi connectivity index (χ1n) is 7.23. The van der Waals surface area contributed by atoms with Gasteiger partial charge in [-0.25, -0.2) is 13.6 Å². The van der Waals surface area contributed by atoms with Crippen molar-refractivity contribution in [1.29, 1.82) is 0 Å². The minimum Gasteiger partial charge on any atom is -0.332 e. The van der Waals surface area contributed by atoms with Crippen molar-refractivity contribution in [3.8, 4) is 0 Å². The van der Waals surface area contributed by atoms with E-state index in [2.05, 4.69) is 10.6 Å². The van der Waals surface area contributed by atoms with E-state index in [-0.39, 0.29) is 22.3 Å². The van der Waals surface area contributed by atoms with Crippen molar-refractivity contribution in [3.05, 3.63) is 59.1 Å². The molecule has 0 saturated heterocycles. The fourth-order valence-electron chi connectivity index (χ4n) is 2.03. The number of benzene rings is 2. The maximum absolute atomic E-state index is 11.9. The number of carbonyl (C=O) groups is 1. The Morgan fingerprint density at radius 3 is 2.36 bits per heavy atom. The van der Waals surface area contributed by atoms with Gasteiger partial charge in [0.25, 0.3) is 0 Å². The maximum atomic E-state index is 11.9. The van der Waals surface area contributed by atoms with Gasteiger partial charge >= 0.3 is 0 Å². The van der Waals surface area contributed by atoms with E-state index in [4.69, 9.17) is 29.0 Å².